The molecule has 2 aromatic carbocycles. The van der Waals surface area contributed by atoms with Crippen LogP contribution in [0.2, 0.25) is 0 Å². The predicted octanol–water partition coefficient (Wildman–Crippen LogP) is 2.21. The maximum atomic E-state index is 13.4. The summed E-state index contributed by atoms with van der Waals surface area (Å²) in [6, 6.07) is 10.1. The lowest BCUT2D eigenvalue weighted by molar-refractivity contribution is 0.0951. The van der Waals surface area contributed by atoms with Crippen LogP contribution in [0.4, 0.5) is 4.39 Å². The van der Waals surface area contributed by atoms with Crippen LogP contribution in [0.3, 0.4) is 0 Å². The van der Waals surface area contributed by atoms with Crippen molar-refractivity contribution < 1.29 is 19.4 Å². The van der Waals surface area contributed by atoms with Crippen LogP contribution < -0.4 is 5.32 Å². The normalized spacial score (nSPS) is 10.2. The molecule has 2 aromatic rings. The van der Waals surface area contributed by atoms with Gasteiger partial charge in [0.15, 0.2) is 0 Å². The van der Waals surface area contributed by atoms with E-state index in [-0.39, 0.29) is 29.4 Å². The van der Waals surface area contributed by atoms with E-state index in [1.54, 1.807) is 18.2 Å². The zero-order valence-corrected chi connectivity index (χ0v) is 10.6. The first-order valence-corrected chi connectivity index (χ1v) is 6.11. The summed E-state index contributed by atoms with van der Waals surface area (Å²) in [4.78, 5) is 11.8. The Labute approximate surface area is 115 Å². The van der Waals surface area contributed by atoms with E-state index < -0.39 is 5.91 Å². The van der Waals surface area contributed by atoms with Gasteiger partial charge < -0.3 is 15.5 Å². The Hall–Kier alpha value is -2.56. The smallest absolute Gasteiger partial charge is 0.255 e. The Morgan fingerprint density at radius 2 is 1.90 bits per heavy atom. The Morgan fingerprint density at radius 3 is 2.60 bits per heavy atom. The minimum Gasteiger partial charge on any atom is -0.508 e. The molecule has 0 aromatic heterocycles. The first-order chi connectivity index (χ1) is 9.58. The average molecular weight is 275 g/mol. The molecule has 4 nitrogen and oxygen atoms in total. The molecular weight excluding hydrogens is 261 g/mol. The number of benzene rings is 2. The molecule has 104 valence electrons. The van der Waals surface area contributed by atoms with E-state index in [1.807, 2.05) is 0 Å². The molecule has 0 saturated heterocycles. The number of carbonyl (C=O) groups is 1. The number of carbonyl (C=O) groups excluding carboxylic acids is 1. The van der Waals surface area contributed by atoms with Crippen LogP contribution >= 0.6 is 0 Å². The molecule has 1 amide bonds. The summed E-state index contributed by atoms with van der Waals surface area (Å²) in [7, 11) is 0. The van der Waals surface area contributed by atoms with Gasteiger partial charge in [-0.15, -0.1) is 0 Å². The van der Waals surface area contributed by atoms with Gasteiger partial charge in [-0.1, -0.05) is 18.2 Å². The van der Waals surface area contributed by atoms with Gasteiger partial charge in [-0.05, 0) is 30.2 Å². The quantitative estimate of drug-likeness (QED) is 0.801. The molecule has 3 N–H and O–H groups in total. The van der Waals surface area contributed by atoms with Crippen molar-refractivity contribution in [1.29, 1.82) is 0 Å². The number of hydrogen-bond donors (Lipinski definition) is 3. The second kappa shape index (κ2) is 6.06. The van der Waals surface area contributed by atoms with Gasteiger partial charge in [0.25, 0.3) is 5.91 Å². The molecule has 0 unspecified atom stereocenters. The maximum Gasteiger partial charge on any atom is 0.255 e. The van der Waals surface area contributed by atoms with Gasteiger partial charge in [0, 0.05) is 12.6 Å². The van der Waals surface area contributed by atoms with Crippen molar-refractivity contribution in [2.75, 3.05) is 6.54 Å². The zero-order chi connectivity index (χ0) is 14.5. The van der Waals surface area contributed by atoms with Crippen LogP contribution in [0.15, 0.2) is 42.5 Å². The van der Waals surface area contributed by atoms with E-state index in [0.29, 0.717) is 12.0 Å². The minimum atomic E-state index is -0.473. The Bertz CT molecular complexity index is 628. The van der Waals surface area contributed by atoms with Crippen molar-refractivity contribution in [3.8, 4) is 11.5 Å². The molecule has 0 saturated carbocycles. The zero-order valence-electron chi connectivity index (χ0n) is 10.6. The molecule has 0 aliphatic rings. The van der Waals surface area contributed by atoms with E-state index in [9.17, 15) is 14.3 Å². The van der Waals surface area contributed by atoms with E-state index in [0.717, 1.165) is 6.07 Å². The standard InChI is InChI=1S/C15H14FNO3/c16-13-4-2-1-3-10(13)7-8-17-15(20)12-6-5-11(18)9-14(12)19/h1-6,9,18-19H,7-8H2,(H,17,20). The highest BCUT2D eigenvalue weighted by Crippen LogP contribution is 2.22. The number of nitrogens with one attached hydrogen (secondary N) is 1. The number of amides is 1. The highest BCUT2D eigenvalue weighted by molar-refractivity contribution is 5.96. The molecule has 20 heavy (non-hydrogen) atoms. The molecule has 0 aliphatic carbocycles. The number of hydrogen-bond acceptors (Lipinski definition) is 3. The number of aromatic hydroxyl groups is 2. The first-order valence-electron chi connectivity index (χ1n) is 6.11. The van der Waals surface area contributed by atoms with Crippen molar-refractivity contribution in [1.82, 2.24) is 5.32 Å². The second-order valence-corrected chi connectivity index (χ2v) is 4.30. The van der Waals surface area contributed by atoms with Gasteiger partial charge in [-0.2, -0.15) is 0 Å². The van der Waals surface area contributed by atoms with Crippen molar-refractivity contribution in [3.05, 3.63) is 59.4 Å². The van der Waals surface area contributed by atoms with Crippen molar-refractivity contribution in [3.63, 3.8) is 0 Å². The lowest BCUT2D eigenvalue weighted by atomic mass is 10.1. The molecule has 0 atom stereocenters. The third-order valence-corrected chi connectivity index (χ3v) is 2.86. The van der Waals surface area contributed by atoms with Gasteiger partial charge >= 0.3 is 0 Å². The lowest BCUT2D eigenvalue weighted by Gasteiger charge is -2.07. The molecule has 2 rings (SSSR count). The summed E-state index contributed by atoms with van der Waals surface area (Å²) < 4.78 is 13.4. The number of rotatable bonds is 4. The summed E-state index contributed by atoms with van der Waals surface area (Å²) in [6.07, 6.45) is 0.358. The third kappa shape index (κ3) is 3.26. The molecule has 0 heterocycles. The van der Waals surface area contributed by atoms with Crippen molar-refractivity contribution in [2.45, 2.75) is 6.42 Å². The average Bonchev–Trinajstić information content (AvgIpc) is 2.40. The fourth-order valence-corrected chi connectivity index (χ4v) is 1.82. The monoisotopic (exact) mass is 275 g/mol. The molecule has 0 bridgehead atoms. The third-order valence-electron chi connectivity index (χ3n) is 2.86. The topological polar surface area (TPSA) is 69.6 Å². The van der Waals surface area contributed by atoms with Gasteiger partial charge in [0.1, 0.15) is 17.3 Å². The number of phenols is 2. The number of halogens is 1. The summed E-state index contributed by atoms with van der Waals surface area (Å²) in [5.41, 5.74) is 0.582. The SMILES string of the molecule is O=C(NCCc1ccccc1F)c1ccc(O)cc1O. The highest BCUT2D eigenvalue weighted by Gasteiger charge is 2.11. The van der Waals surface area contributed by atoms with Crippen LogP contribution in [0.5, 0.6) is 11.5 Å². The van der Waals surface area contributed by atoms with E-state index in [2.05, 4.69) is 5.32 Å². The fraction of sp³-hybridized carbons (Fsp3) is 0.133. The molecule has 5 heteroatoms. The Balaban J connectivity index is 1.94. The largest absolute Gasteiger partial charge is 0.508 e. The van der Waals surface area contributed by atoms with E-state index in [4.69, 9.17) is 5.11 Å². The second-order valence-electron chi connectivity index (χ2n) is 4.30. The molecule has 0 radical (unpaired) electrons. The molecule has 0 aliphatic heterocycles. The predicted molar refractivity (Wildman–Crippen MR) is 72.2 cm³/mol. The van der Waals surface area contributed by atoms with E-state index in [1.165, 1.54) is 18.2 Å². The molecule has 0 fully saturated rings. The van der Waals surface area contributed by atoms with Crippen LogP contribution in [0, 0.1) is 5.82 Å². The fourth-order valence-electron chi connectivity index (χ4n) is 1.82. The number of phenolic OH excluding ortho intramolecular Hbond substituents is 2. The summed E-state index contributed by atoms with van der Waals surface area (Å²) in [5, 5.41) is 21.3. The van der Waals surface area contributed by atoms with Crippen LogP contribution in [-0.4, -0.2) is 22.7 Å². The van der Waals surface area contributed by atoms with Crippen LogP contribution in [0.25, 0.3) is 0 Å². The summed E-state index contributed by atoms with van der Waals surface area (Å²) in [5.74, 6) is -1.20. The van der Waals surface area contributed by atoms with Crippen LogP contribution in [-0.2, 0) is 6.42 Å². The first kappa shape index (κ1) is 13.9. The molecule has 0 spiro atoms. The van der Waals surface area contributed by atoms with Gasteiger partial charge in [-0.25, -0.2) is 4.39 Å². The van der Waals surface area contributed by atoms with Gasteiger partial charge in [0.2, 0.25) is 0 Å². The Morgan fingerprint density at radius 1 is 1.15 bits per heavy atom. The van der Waals surface area contributed by atoms with Gasteiger partial charge in [-0.3, -0.25) is 4.79 Å². The van der Waals surface area contributed by atoms with Gasteiger partial charge in [0.05, 0.1) is 5.56 Å². The summed E-state index contributed by atoms with van der Waals surface area (Å²) in [6.45, 7) is 0.250. The van der Waals surface area contributed by atoms with Crippen LogP contribution in [0.1, 0.15) is 15.9 Å². The van der Waals surface area contributed by atoms with Crippen molar-refractivity contribution >= 4 is 5.91 Å². The highest BCUT2D eigenvalue weighted by atomic mass is 19.1. The maximum absolute atomic E-state index is 13.4. The van der Waals surface area contributed by atoms with Crippen molar-refractivity contribution in [2.24, 2.45) is 0 Å². The summed E-state index contributed by atoms with van der Waals surface area (Å²) >= 11 is 0. The Kier molecular flexibility index (Phi) is 4.20. The lowest BCUT2D eigenvalue weighted by Crippen LogP contribution is -2.25. The minimum absolute atomic E-state index is 0.0660. The van der Waals surface area contributed by atoms with E-state index >= 15 is 0 Å². The molecular formula is C15H14FNO3.